The van der Waals surface area contributed by atoms with Gasteiger partial charge in [0.15, 0.2) is 5.78 Å². The van der Waals surface area contributed by atoms with Crippen molar-refractivity contribution >= 4 is 5.78 Å². The molecule has 0 bridgehead atoms. The first-order valence-electron chi connectivity index (χ1n) is 6.43. The Morgan fingerprint density at radius 1 is 1.26 bits per heavy atom. The topological polar surface area (TPSA) is 44.1 Å². The van der Waals surface area contributed by atoms with E-state index in [1.165, 1.54) is 0 Å². The summed E-state index contributed by atoms with van der Waals surface area (Å²) in [5.41, 5.74) is 1.80. The van der Waals surface area contributed by atoms with Crippen molar-refractivity contribution in [3.8, 4) is 5.75 Å². The largest absolute Gasteiger partial charge is 0.494 e. The summed E-state index contributed by atoms with van der Waals surface area (Å²) in [5.74, 6) is 0.940. The number of hydrogen-bond donors (Lipinski definition) is 0. The summed E-state index contributed by atoms with van der Waals surface area (Å²) < 4.78 is 7.15. The van der Waals surface area contributed by atoms with Crippen LogP contribution in [0.15, 0.2) is 36.5 Å². The minimum Gasteiger partial charge on any atom is -0.494 e. The lowest BCUT2D eigenvalue weighted by Crippen LogP contribution is -2.04. The van der Waals surface area contributed by atoms with Crippen LogP contribution in [0.3, 0.4) is 0 Å². The Morgan fingerprint density at radius 3 is 2.58 bits per heavy atom. The van der Waals surface area contributed by atoms with Gasteiger partial charge in [0.25, 0.3) is 0 Å². The second-order valence-corrected chi connectivity index (χ2v) is 4.33. The highest BCUT2D eigenvalue weighted by Crippen LogP contribution is 2.14. The number of nitrogens with zero attached hydrogens (tertiary/aromatic N) is 2. The summed E-state index contributed by atoms with van der Waals surface area (Å²) in [4.78, 5) is 12.0. The van der Waals surface area contributed by atoms with E-state index < -0.39 is 0 Å². The van der Waals surface area contributed by atoms with Gasteiger partial charge in [-0.05, 0) is 43.7 Å². The van der Waals surface area contributed by atoms with Gasteiger partial charge in [-0.1, -0.05) is 0 Å². The third-order valence-corrected chi connectivity index (χ3v) is 3.02. The number of hydrogen-bond acceptors (Lipinski definition) is 3. The van der Waals surface area contributed by atoms with E-state index in [0.717, 1.165) is 17.0 Å². The van der Waals surface area contributed by atoms with Crippen molar-refractivity contribution < 1.29 is 9.53 Å². The second-order valence-electron chi connectivity index (χ2n) is 4.33. The van der Waals surface area contributed by atoms with E-state index in [1.807, 2.05) is 44.3 Å². The zero-order valence-electron chi connectivity index (χ0n) is 11.3. The maximum absolute atomic E-state index is 12.0. The van der Waals surface area contributed by atoms with Crippen molar-refractivity contribution in [2.45, 2.75) is 19.8 Å². The van der Waals surface area contributed by atoms with Gasteiger partial charge < -0.3 is 4.74 Å². The third kappa shape index (κ3) is 3.44. The zero-order chi connectivity index (χ0) is 13.7. The first-order valence-corrected chi connectivity index (χ1v) is 6.43. The Bertz CT molecular complexity index is 544. The van der Waals surface area contributed by atoms with Gasteiger partial charge in [0.1, 0.15) is 5.75 Å². The number of ketones is 1. The average Bonchev–Trinajstić information content (AvgIpc) is 2.83. The number of benzene rings is 1. The lowest BCUT2D eigenvalue weighted by Gasteiger charge is -2.05. The molecule has 2 aromatic rings. The Labute approximate surface area is 113 Å². The van der Waals surface area contributed by atoms with Gasteiger partial charge in [-0.2, -0.15) is 5.10 Å². The highest BCUT2D eigenvalue weighted by atomic mass is 16.5. The fourth-order valence-corrected chi connectivity index (χ4v) is 1.94. The lowest BCUT2D eigenvalue weighted by molar-refractivity contribution is 0.0982. The third-order valence-electron chi connectivity index (χ3n) is 3.02. The van der Waals surface area contributed by atoms with Crippen LogP contribution in [0.5, 0.6) is 5.75 Å². The van der Waals surface area contributed by atoms with Crippen LogP contribution in [0.25, 0.3) is 0 Å². The van der Waals surface area contributed by atoms with Crippen LogP contribution in [0, 0.1) is 0 Å². The van der Waals surface area contributed by atoms with Crippen LogP contribution in [0.2, 0.25) is 0 Å². The molecule has 0 radical (unpaired) electrons. The Morgan fingerprint density at radius 2 is 2.00 bits per heavy atom. The van der Waals surface area contributed by atoms with E-state index in [9.17, 15) is 4.79 Å². The van der Waals surface area contributed by atoms with Gasteiger partial charge in [0, 0.05) is 30.9 Å². The molecule has 0 unspecified atom stereocenters. The molecule has 0 saturated heterocycles. The molecule has 4 heteroatoms. The molecule has 100 valence electrons. The van der Waals surface area contributed by atoms with E-state index in [0.29, 0.717) is 19.4 Å². The molecule has 0 fully saturated rings. The maximum atomic E-state index is 12.0. The molecule has 0 aliphatic heterocycles. The number of aryl methyl sites for hydroxylation is 2. The van der Waals surface area contributed by atoms with Gasteiger partial charge in [-0.15, -0.1) is 0 Å². The first kappa shape index (κ1) is 13.3. The molecular weight excluding hydrogens is 240 g/mol. The fourth-order valence-electron chi connectivity index (χ4n) is 1.94. The minimum atomic E-state index is 0.143. The molecule has 0 aliphatic rings. The summed E-state index contributed by atoms with van der Waals surface area (Å²) in [6, 6.07) is 9.24. The predicted octanol–water partition coefficient (Wildman–Crippen LogP) is 2.63. The Hall–Kier alpha value is -2.10. The van der Waals surface area contributed by atoms with Gasteiger partial charge in [0.2, 0.25) is 0 Å². The van der Waals surface area contributed by atoms with Crippen molar-refractivity contribution in [2.24, 2.45) is 7.05 Å². The molecule has 0 amide bonds. The number of rotatable bonds is 6. The highest BCUT2D eigenvalue weighted by molar-refractivity contribution is 5.96. The molecule has 0 aliphatic carbocycles. The van der Waals surface area contributed by atoms with Crippen molar-refractivity contribution in [3.05, 3.63) is 47.8 Å². The van der Waals surface area contributed by atoms with Crippen LogP contribution in [-0.4, -0.2) is 22.2 Å². The molecule has 1 heterocycles. The monoisotopic (exact) mass is 258 g/mol. The van der Waals surface area contributed by atoms with E-state index in [2.05, 4.69) is 5.10 Å². The molecule has 1 aromatic heterocycles. The number of aromatic nitrogens is 2. The molecule has 2 rings (SSSR count). The molecule has 0 N–H and O–H groups in total. The molecule has 1 aromatic carbocycles. The normalized spacial score (nSPS) is 10.4. The van der Waals surface area contributed by atoms with Crippen molar-refractivity contribution in [2.75, 3.05) is 6.61 Å². The maximum Gasteiger partial charge on any atom is 0.163 e. The van der Waals surface area contributed by atoms with Crippen LogP contribution in [0.1, 0.15) is 29.4 Å². The lowest BCUT2D eigenvalue weighted by atomic mass is 10.1. The van der Waals surface area contributed by atoms with Gasteiger partial charge in [-0.25, -0.2) is 0 Å². The molecule has 0 spiro atoms. The smallest absolute Gasteiger partial charge is 0.163 e. The van der Waals surface area contributed by atoms with E-state index in [-0.39, 0.29) is 5.78 Å². The summed E-state index contributed by atoms with van der Waals surface area (Å²) >= 11 is 0. The van der Waals surface area contributed by atoms with Crippen LogP contribution in [-0.2, 0) is 13.5 Å². The number of carbonyl (C=O) groups excluding carboxylic acids is 1. The van der Waals surface area contributed by atoms with Crippen molar-refractivity contribution in [1.29, 1.82) is 0 Å². The quantitative estimate of drug-likeness (QED) is 0.748. The number of ether oxygens (including phenoxy) is 1. The molecule has 4 nitrogen and oxygen atoms in total. The Balaban J connectivity index is 1.94. The SMILES string of the molecule is CCOc1ccc(C(=O)CCc2ccnn2C)cc1. The van der Waals surface area contributed by atoms with Gasteiger partial charge >= 0.3 is 0 Å². The fraction of sp³-hybridized carbons (Fsp3) is 0.333. The minimum absolute atomic E-state index is 0.143. The summed E-state index contributed by atoms with van der Waals surface area (Å²) in [5, 5.41) is 4.09. The molecular formula is C15H18N2O2. The average molecular weight is 258 g/mol. The van der Waals surface area contributed by atoms with Crippen molar-refractivity contribution in [3.63, 3.8) is 0 Å². The van der Waals surface area contributed by atoms with Crippen LogP contribution >= 0.6 is 0 Å². The molecule has 0 atom stereocenters. The van der Waals surface area contributed by atoms with Gasteiger partial charge in [0.05, 0.1) is 6.61 Å². The molecule has 19 heavy (non-hydrogen) atoms. The van der Waals surface area contributed by atoms with E-state index >= 15 is 0 Å². The van der Waals surface area contributed by atoms with Gasteiger partial charge in [-0.3, -0.25) is 9.48 Å². The second kappa shape index (κ2) is 6.18. The summed E-state index contributed by atoms with van der Waals surface area (Å²) in [6.07, 6.45) is 2.95. The summed E-state index contributed by atoms with van der Waals surface area (Å²) in [7, 11) is 1.89. The van der Waals surface area contributed by atoms with E-state index in [4.69, 9.17) is 4.74 Å². The molecule has 0 saturated carbocycles. The first-order chi connectivity index (χ1) is 9.20. The van der Waals surface area contributed by atoms with Crippen LogP contribution in [0.4, 0.5) is 0 Å². The summed E-state index contributed by atoms with van der Waals surface area (Å²) in [6.45, 7) is 2.57. The number of carbonyl (C=O) groups is 1. The number of Topliss-reactive ketones (excluding diaryl/α,β-unsaturated/α-hetero) is 1. The predicted molar refractivity (Wildman–Crippen MR) is 73.5 cm³/mol. The standard InChI is InChI=1S/C15H18N2O2/c1-3-19-14-7-4-12(5-8-14)15(18)9-6-13-10-11-16-17(13)2/h4-5,7-8,10-11H,3,6,9H2,1-2H3. The zero-order valence-corrected chi connectivity index (χ0v) is 11.3. The van der Waals surface area contributed by atoms with Crippen molar-refractivity contribution in [1.82, 2.24) is 9.78 Å². The van der Waals surface area contributed by atoms with E-state index in [1.54, 1.807) is 10.9 Å². The van der Waals surface area contributed by atoms with Crippen LogP contribution < -0.4 is 4.74 Å². The Kier molecular flexibility index (Phi) is 4.34. The highest BCUT2D eigenvalue weighted by Gasteiger charge is 2.08.